The van der Waals surface area contributed by atoms with E-state index in [1.54, 1.807) is 18.5 Å². The van der Waals surface area contributed by atoms with Gasteiger partial charge in [0.05, 0.1) is 0 Å². The first-order valence-corrected chi connectivity index (χ1v) is 6.96. The standard InChI is InChI=1S/C16H17N3OS/c1-2-10-20-15-5-3-4-14(11-15)19-16(21)18-12-13-6-8-17-9-7-13/h2-9,11H,1,10,12H2,(H2,18,19,21). The third-order valence-corrected chi connectivity index (χ3v) is 2.91. The molecule has 4 nitrogen and oxygen atoms in total. The van der Waals surface area contributed by atoms with Gasteiger partial charge in [-0.15, -0.1) is 0 Å². The molecule has 0 atom stereocenters. The van der Waals surface area contributed by atoms with Gasteiger partial charge in [-0.2, -0.15) is 0 Å². The lowest BCUT2D eigenvalue weighted by Gasteiger charge is -2.11. The van der Waals surface area contributed by atoms with E-state index in [-0.39, 0.29) is 0 Å². The molecule has 21 heavy (non-hydrogen) atoms. The Balaban J connectivity index is 1.86. The second-order valence-electron chi connectivity index (χ2n) is 4.29. The van der Waals surface area contributed by atoms with Crippen molar-refractivity contribution in [2.24, 2.45) is 0 Å². The molecule has 0 aliphatic carbocycles. The van der Waals surface area contributed by atoms with Crippen molar-refractivity contribution in [1.82, 2.24) is 10.3 Å². The molecule has 0 aliphatic rings. The largest absolute Gasteiger partial charge is 0.489 e. The third kappa shape index (κ3) is 5.24. The van der Waals surface area contributed by atoms with E-state index in [1.165, 1.54) is 0 Å². The van der Waals surface area contributed by atoms with Crippen LogP contribution in [0.1, 0.15) is 5.56 Å². The molecule has 2 N–H and O–H groups in total. The summed E-state index contributed by atoms with van der Waals surface area (Å²) in [6, 6.07) is 11.5. The van der Waals surface area contributed by atoms with E-state index < -0.39 is 0 Å². The summed E-state index contributed by atoms with van der Waals surface area (Å²) >= 11 is 5.27. The predicted octanol–water partition coefficient (Wildman–Crippen LogP) is 3.13. The number of nitrogens with zero attached hydrogens (tertiary/aromatic N) is 1. The van der Waals surface area contributed by atoms with Crippen molar-refractivity contribution < 1.29 is 4.74 Å². The number of benzene rings is 1. The molecule has 2 aromatic rings. The van der Waals surface area contributed by atoms with E-state index >= 15 is 0 Å². The molecule has 2 rings (SSSR count). The van der Waals surface area contributed by atoms with Crippen LogP contribution in [0.25, 0.3) is 0 Å². The van der Waals surface area contributed by atoms with Crippen molar-refractivity contribution in [3.05, 3.63) is 67.0 Å². The molecule has 0 saturated carbocycles. The summed E-state index contributed by atoms with van der Waals surface area (Å²) in [5, 5.41) is 6.84. The van der Waals surface area contributed by atoms with Crippen molar-refractivity contribution in [3.8, 4) is 5.75 Å². The minimum atomic E-state index is 0.480. The number of rotatable bonds is 6. The van der Waals surface area contributed by atoms with Crippen LogP contribution in [0.2, 0.25) is 0 Å². The van der Waals surface area contributed by atoms with Gasteiger partial charge in [0.25, 0.3) is 0 Å². The maximum Gasteiger partial charge on any atom is 0.171 e. The molecule has 0 saturated heterocycles. The quantitative estimate of drug-likeness (QED) is 0.634. The molecule has 1 aromatic heterocycles. The Morgan fingerprint density at radius 1 is 1.29 bits per heavy atom. The average molecular weight is 299 g/mol. The number of aromatic nitrogens is 1. The second kappa shape index (κ2) is 8.01. The van der Waals surface area contributed by atoms with Gasteiger partial charge >= 0.3 is 0 Å². The maximum absolute atomic E-state index is 5.48. The van der Waals surface area contributed by atoms with Gasteiger partial charge in [-0.05, 0) is 42.0 Å². The van der Waals surface area contributed by atoms with Gasteiger partial charge in [0.1, 0.15) is 12.4 Å². The molecule has 1 aromatic carbocycles. The predicted molar refractivity (Wildman–Crippen MR) is 89.4 cm³/mol. The number of nitrogens with one attached hydrogen (secondary N) is 2. The molecule has 0 unspecified atom stereocenters. The van der Waals surface area contributed by atoms with Gasteiger partial charge in [-0.25, -0.2) is 0 Å². The summed E-state index contributed by atoms with van der Waals surface area (Å²) in [5.41, 5.74) is 2.00. The number of hydrogen-bond acceptors (Lipinski definition) is 3. The normalized spacial score (nSPS) is 9.71. The van der Waals surface area contributed by atoms with Crippen LogP contribution in [0, 0.1) is 0 Å². The number of pyridine rings is 1. The lowest BCUT2D eigenvalue weighted by molar-refractivity contribution is 0.363. The average Bonchev–Trinajstić information content (AvgIpc) is 2.52. The van der Waals surface area contributed by atoms with E-state index in [1.807, 2.05) is 36.4 Å². The highest BCUT2D eigenvalue weighted by Crippen LogP contribution is 2.17. The van der Waals surface area contributed by atoms with Gasteiger partial charge in [0.15, 0.2) is 5.11 Å². The van der Waals surface area contributed by atoms with Crippen LogP contribution in [0.3, 0.4) is 0 Å². The fraction of sp³-hybridized carbons (Fsp3) is 0.125. The fourth-order valence-corrected chi connectivity index (χ4v) is 1.87. The number of thiocarbonyl (C=S) groups is 1. The van der Waals surface area contributed by atoms with Crippen LogP contribution in [0.5, 0.6) is 5.75 Å². The van der Waals surface area contributed by atoms with Gasteiger partial charge in [-0.1, -0.05) is 18.7 Å². The summed E-state index contributed by atoms with van der Waals surface area (Å²) in [6.45, 7) is 4.76. The molecule has 108 valence electrons. The van der Waals surface area contributed by atoms with Crippen LogP contribution in [-0.2, 0) is 6.54 Å². The second-order valence-corrected chi connectivity index (χ2v) is 4.70. The Hall–Kier alpha value is -2.40. The van der Waals surface area contributed by atoms with Crippen molar-refractivity contribution in [3.63, 3.8) is 0 Å². The van der Waals surface area contributed by atoms with Gasteiger partial charge in [-0.3, -0.25) is 4.98 Å². The topological polar surface area (TPSA) is 46.2 Å². The van der Waals surface area contributed by atoms with Gasteiger partial charge < -0.3 is 15.4 Å². The van der Waals surface area contributed by atoms with E-state index in [2.05, 4.69) is 22.2 Å². The zero-order valence-electron chi connectivity index (χ0n) is 11.6. The van der Waals surface area contributed by atoms with Crippen LogP contribution in [0.15, 0.2) is 61.4 Å². The Morgan fingerprint density at radius 2 is 2.10 bits per heavy atom. The molecule has 1 heterocycles. The highest BCUT2D eigenvalue weighted by atomic mass is 32.1. The van der Waals surface area contributed by atoms with Crippen molar-refractivity contribution >= 4 is 23.0 Å². The van der Waals surface area contributed by atoms with Gasteiger partial charge in [0.2, 0.25) is 0 Å². The summed E-state index contributed by atoms with van der Waals surface area (Å²) in [6.07, 6.45) is 5.23. The van der Waals surface area contributed by atoms with E-state index in [9.17, 15) is 0 Å². The maximum atomic E-state index is 5.48. The molecule has 0 radical (unpaired) electrons. The molecule has 5 heteroatoms. The smallest absolute Gasteiger partial charge is 0.171 e. The Kier molecular flexibility index (Phi) is 5.72. The molecule has 0 spiro atoms. The van der Waals surface area contributed by atoms with Crippen molar-refractivity contribution in [2.75, 3.05) is 11.9 Å². The van der Waals surface area contributed by atoms with Crippen LogP contribution in [-0.4, -0.2) is 16.7 Å². The van der Waals surface area contributed by atoms with Gasteiger partial charge in [0, 0.05) is 30.7 Å². The first-order valence-electron chi connectivity index (χ1n) is 6.55. The molecular weight excluding hydrogens is 282 g/mol. The van der Waals surface area contributed by atoms with E-state index in [0.29, 0.717) is 18.3 Å². The van der Waals surface area contributed by atoms with Crippen LogP contribution >= 0.6 is 12.2 Å². The van der Waals surface area contributed by atoms with Crippen LogP contribution < -0.4 is 15.4 Å². The lowest BCUT2D eigenvalue weighted by atomic mass is 10.3. The minimum absolute atomic E-state index is 0.480. The first-order chi connectivity index (χ1) is 10.3. The van der Waals surface area contributed by atoms with E-state index in [0.717, 1.165) is 17.0 Å². The Bertz CT molecular complexity index is 601. The zero-order valence-corrected chi connectivity index (χ0v) is 12.4. The third-order valence-electron chi connectivity index (χ3n) is 2.66. The fourth-order valence-electron chi connectivity index (χ4n) is 1.68. The highest BCUT2D eigenvalue weighted by molar-refractivity contribution is 7.80. The molecule has 0 aliphatic heterocycles. The summed E-state index contributed by atoms with van der Waals surface area (Å²) in [5.74, 6) is 0.775. The molecular formula is C16H17N3OS. The van der Waals surface area contributed by atoms with E-state index in [4.69, 9.17) is 17.0 Å². The van der Waals surface area contributed by atoms with Crippen molar-refractivity contribution in [1.29, 1.82) is 0 Å². The Labute approximate surface area is 129 Å². The zero-order chi connectivity index (χ0) is 14.9. The Morgan fingerprint density at radius 3 is 2.86 bits per heavy atom. The summed E-state index contributed by atoms with van der Waals surface area (Å²) in [4.78, 5) is 3.98. The number of hydrogen-bond donors (Lipinski definition) is 2. The monoisotopic (exact) mass is 299 g/mol. The molecule has 0 fully saturated rings. The summed E-state index contributed by atoms with van der Waals surface area (Å²) in [7, 11) is 0. The van der Waals surface area contributed by atoms with Crippen LogP contribution in [0.4, 0.5) is 5.69 Å². The first kappa shape index (κ1) is 15.0. The minimum Gasteiger partial charge on any atom is -0.489 e. The number of anilines is 1. The lowest BCUT2D eigenvalue weighted by Crippen LogP contribution is -2.27. The van der Waals surface area contributed by atoms with Crippen molar-refractivity contribution in [2.45, 2.75) is 6.54 Å². The molecule has 0 bridgehead atoms. The number of ether oxygens (including phenoxy) is 1. The highest BCUT2D eigenvalue weighted by Gasteiger charge is 2.00. The SMILES string of the molecule is C=CCOc1cccc(NC(=S)NCc2ccncc2)c1. The molecule has 0 amide bonds. The summed E-state index contributed by atoms with van der Waals surface area (Å²) < 4.78 is 5.48.